The summed E-state index contributed by atoms with van der Waals surface area (Å²) in [4.78, 5) is 10.9. The van der Waals surface area contributed by atoms with E-state index in [9.17, 15) is 9.18 Å². The van der Waals surface area contributed by atoms with Gasteiger partial charge in [-0.3, -0.25) is 9.48 Å². The van der Waals surface area contributed by atoms with Crippen molar-refractivity contribution in [3.8, 4) is 11.1 Å². The van der Waals surface area contributed by atoms with Crippen LogP contribution in [0.2, 0.25) is 0 Å². The quantitative estimate of drug-likeness (QED) is 0.806. The summed E-state index contributed by atoms with van der Waals surface area (Å²) in [6.07, 6.45) is 2.18. The van der Waals surface area contributed by atoms with E-state index in [4.69, 9.17) is 5.73 Å². The molecular formula is C12H12FN3O. The van der Waals surface area contributed by atoms with Crippen molar-refractivity contribution in [1.29, 1.82) is 0 Å². The highest BCUT2D eigenvalue weighted by molar-refractivity contribution is 5.90. The number of carbonyl (C=O) groups is 1. The molecule has 0 atom stereocenters. The second kappa shape index (κ2) is 4.01. The summed E-state index contributed by atoms with van der Waals surface area (Å²) < 4.78 is 14.9. The molecule has 0 saturated heterocycles. The van der Waals surface area contributed by atoms with Crippen molar-refractivity contribution in [1.82, 2.24) is 9.78 Å². The van der Waals surface area contributed by atoms with Crippen LogP contribution in [0.1, 0.15) is 15.9 Å². The number of benzene rings is 1. The lowest BCUT2D eigenvalue weighted by molar-refractivity contribution is 0.112. The largest absolute Gasteiger partial charge is 0.383 e. The van der Waals surface area contributed by atoms with Gasteiger partial charge in [0.1, 0.15) is 11.6 Å². The van der Waals surface area contributed by atoms with Gasteiger partial charge in [-0.15, -0.1) is 0 Å². The summed E-state index contributed by atoms with van der Waals surface area (Å²) in [7, 11) is 1.70. The molecule has 0 bridgehead atoms. The Morgan fingerprint density at radius 1 is 1.41 bits per heavy atom. The number of nitrogens with two attached hydrogens (primary N) is 1. The fourth-order valence-corrected chi connectivity index (χ4v) is 1.68. The van der Waals surface area contributed by atoms with Crippen LogP contribution in [0.15, 0.2) is 18.3 Å². The van der Waals surface area contributed by atoms with E-state index < -0.39 is 5.82 Å². The molecule has 0 unspecified atom stereocenters. The van der Waals surface area contributed by atoms with E-state index in [1.165, 1.54) is 10.7 Å². The van der Waals surface area contributed by atoms with Gasteiger partial charge in [-0.1, -0.05) is 0 Å². The molecule has 17 heavy (non-hydrogen) atoms. The van der Waals surface area contributed by atoms with Crippen molar-refractivity contribution < 1.29 is 9.18 Å². The van der Waals surface area contributed by atoms with Gasteiger partial charge in [0, 0.05) is 18.2 Å². The summed E-state index contributed by atoms with van der Waals surface area (Å²) in [5.74, 6) is 0.0393. The highest BCUT2D eigenvalue weighted by Crippen LogP contribution is 2.29. The Balaban J connectivity index is 2.70. The number of halogens is 1. The van der Waals surface area contributed by atoms with Gasteiger partial charge in [0.25, 0.3) is 0 Å². The Morgan fingerprint density at radius 3 is 2.65 bits per heavy atom. The number of rotatable bonds is 2. The third-order valence-electron chi connectivity index (χ3n) is 2.73. The lowest BCUT2D eigenvalue weighted by atomic mass is 9.99. The predicted molar refractivity (Wildman–Crippen MR) is 63.1 cm³/mol. The molecule has 5 heteroatoms. The van der Waals surface area contributed by atoms with Crippen LogP contribution in [0.4, 0.5) is 10.2 Å². The topological polar surface area (TPSA) is 60.9 Å². The molecule has 1 aromatic carbocycles. The molecular weight excluding hydrogens is 221 g/mol. The van der Waals surface area contributed by atoms with Crippen molar-refractivity contribution >= 4 is 12.1 Å². The standard InChI is InChI=1S/C12H12FN3O/c1-7-3-9(8(6-17)4-11(7)13)10-5-15-16(2)12(10)14/h3-6H,14H2,1-2H3. The van der Waals surface area contributed by atoms with Crippen LogP contribution in [0.25, 0.3) is 11.1 Å². The molecule has 0 amide bonds. The zero-order valence-corrected chi connectivity index (χ0v) is 9.57. The van der Waals surface area contributed by atoms with Crippen LogP contribution in [0.3, 0.4) is 0 Å². The third kappa shape index (κ3) is 1.80. The van der Waals surface area contributed by atoms with Crippen molar-refractivity contribution in [3.63, 3.8) is 0 Å². The van der Waals surface area contributed by atoms with Crippen LogP contribution in [-0.4, -0.2) is 16.1 Å². The summed E-state index contributed by atoms with van der Waals surface area (Å²) in [6, 6.07) is 2.82. The molecule has 1 heterocycles. The maximum Gasteiger partial charge on any atom is 0.150 e. The maximum absolute atomic E-state index is 13.4. The van der Waals surface area contributed by atoms with Gasteiger partial charge in [-0.2, -0.15) is 5.10 Å². The van der Waals surface area contributed by atoms with E-state index in [2.05, 4.69) is 5.10 Å². The fourth-order valence-electron chi connectivity index (χ4n) is 1.68. The Bertz CT molecular complexity index is 590. The second-order valence-electron chi connectivity index (χ2n) is 3.87. The number of anilines is 1. The van der Waals surface area contributed by atoms with Crippen LogP contribution < -0.4 is 5.73 Å². The predicted octanol–water partition coefficient (Wildman–Crippen LogP) is 1.93. The minimum atomic E-state index is -0.404. The first-order chi connectivity index (χ1) is 8.04. The molecule has 88 valence electrons. The number of nitrogens with zero attached hydrogens (tertiary/aromatic N) is 2. The first-order valence-electron chi connectivity index (χ1n) is 5.07. The fraction of sp³-hybridized carbons (Fsp3) is 0.167. The first kappa shape index (κ1) is 11.3. The number of aldehydes is 1. The molecule has 0 spiro atoms. The molecule has 0 aliphatic carbocycles. The number of aromatic nitrogens is 2. The van der Waals surface area contributed by atoms with E-state index in [1.54, 1.807) is 26.2 Å². The van der Waals surface area contributed by atoms with E-state index in [1.807, 2.05) is 0 Å². The van der Waals surface area contributed by atoms with E-state index in [0.29, 0.717) is 28.8 Å². The molecule has 0 saturated carbocycles. The lowest BCUT2D eigenvalue weighted by Crippen LogP contribution is -1.99. The molecule has 2 rings (SSSR count). The van der Waals surface area contributed by atoms with Crippen molar-refractivity contribution in [2.75, 3.05) is 5.73 Å². The van der Waals surface area contributed by atoms with Crippen LogP contribution in [0, 0.1) is 12.7 Å². The minimum absolute atomic E-state index is 0.271. The Morgan fingerprint density at radius 2 is 2.12 bits per heavy atom. The highest BCUT2D eigenvalue weighted by atomic mass is 19.1. The number of carbonyl (C=O) groups excluding carboxylic acids is 1. The first-order valence-corrected chi connectivity index (χ1v) is 5.07. The number of aryl methyl sites for hydroxylation is 2. The van der Waals surface area contributed by atoms with Crippen molar-refractivity contribution in [3.05, 3.63) is 35.3 Å². The molecule has 0 radical (unpaired) electrons. The normalized spacial score (nSPS) is 10.5. The molecule has 0 aliphatic heterocycles. The molecule has 1 aromatic heterocycles. The second-order valence-corrected chi connectivity index (χ2v) is 3.87. The van der Waals surface area contributed by atoms with Gasteiger partial charge < -0.3 is 5.73 Å². The van der Waals surface area contributed by atoms with Gasteiger partial charge in [0.05, 0.1) is 6.20 Å². The SMILES string of the molecule is Cc1cc(-c2cnn(C)c2N)c(C=O)cc1F. The van der Waals surface area contributed by atoms with Gasteiger partial charge in [-0.05, 0) is 30.2 Å². The smallest absolute Gasteiger partial charge is 0.150 e. The zero-order chi connectivity index (χ0) is 12.6. The van der Waals surface area contributed by atoms with Crippen LogP contribution in [0.5, 0.6) is 0 Å². The van der Waals surface area contributed by atoms with E-state index >= 15 is 0 Å². The average Bonchev–Trinajstić information content (AvgIpc) is 2.63. The zero-order valence-electron chi connectivity index (χ0n) is 9.57. The summed E-state index contributed by atoms with van der Waals surface area (Å²) >= 11 is 0. The lowest BCUT2D eigenvalue weighted by Gasteiger charge is -2.06. The van der Waals surface area contributed by atoms with Crippen molar-refractivity contribution in [2.24, 2.45) is 7.05 Å². The van der Waals surface area contributed by atoms with E-state index in [0.717, 1.165) is 0 Å². The molecule has 4 nitrogen and oxygen atoms in total. The number of nitrogen functional groups attached to an aromatic ring is 1. The minimum Gasteiger partial charge on any atom is -0.383 e. The number of hydrogen-bond acceptors (Lipinski definition) is 3. The van der Waals surface area contributed by atoms with Gasteiger partial charge in [0.2, 0.25) is 0 Å². The van der Waals surface area contributed by atoms with Crippen LogP contribution >= 0.6 is 0 Å². The van der Waals surface area contributed by atoms with Gasteiger partial charge in [-0.25, -0.2) is 4.39 Å². The summed E-state index contributed by atoms with van der Waals surface area (Å²) in [6.45, 7) is 1.64. The molecule has 2 aromatic rings. The van der Waals surface area contributed by atoms with Crippen LogP contribution in [-0.2, 0) is 7.05 Å². The summed E-state index contributed by atoms with van der Waals surface area (Å²) in [5.41, 5.74) is 7.81. The Hall–Kier alpha value is -2.17. The van der Waals surface area contributed by atoms with Gasteiger partial charge in [0.15, 0.2) is 6.29 Å². The maximum atomic E-state index is 13.4. The van der Waals surface area contributed by atoms with Gasteiger partial charge >= 0.3 is 0 Å². The summed E-state index contributed by atoms with van der Waals surface area (Å²) in [5, 5.41) is 4.00. The molecule has 0 fully saturated rings. The molecule has 0 aliphatic rings. The highest BCUT2D eigenvalue weighted by Gasteiger charge is 2.13. The monoisotopic (exact) mass is 233 g/mol. The van der Waals surface area contributed by atoms with E-state index in [-0.39, 0.29) is 5.56 Å². The number of hydrogen-bond donors (Lipinski definition) is 1. The Kier molecular flexibility index (Phi) is 2.67. The third-order valence-corrected chi connectivity index (χ3v) is 2.73. The van der Waals surface area contributed by atoms with Crippen molar-refractivity contribution in [2.45, 2.75) is 6.92 Å². The Labute approximate surface area is 97.9 Å². The molecule has 2 N–H and O–H groups in total. The average molecular weight is 233 g/mol.